The summed E-state index contributed by atoms with van der Waals surface area (Å²) in [6, 6.07) is 10.3. The zero-order valence-corrected chi connectivity index (χ0v) is 15.0. The lowest BCUT2D eigenvalue weighted by atomic mass is 10.1. The second-order valence-electron chi connectivity index (χ2n) is 5.67. The fourth-order valence-electron chi connectivity index (χ4n) is 2.37. The summed E-state index contributed by atoms with van der Waals surface area (Å²) in [5.74, 6) is 1.73. The number of hydrogen-bond donors (Lipinski definition) is 2. The van der Waals surface area contributed by atoms with Crippen molar-refractivity contribution in [2.24, 2.45) is 4.99 Å². The molecule has 0 saturated carbocycles. The van der Waals surface area contributed by atoms with E-state index in [1.54, 1.807) is 7.11 Å². The summed E-state index contributed by atoms with van der Waals surface area (Å²) in [4.78, 5) is 11.4. The summed E-state index contributed by atoms with van der Waals surface area (Å²) in [7, 11) is 5.69. The lowest BCUT2D eigenvalue weighted by Gasteiger charge is -2.15. The molecule has 0 atom stereocenters. The van der Waals surface area contributed by atoms with Crippen LogP contribution in [0.3, 0.4) is 0 Å². The number of aliphatic imine (C=N–C) groups is 1. The van der Waals surface area contributed by atoms with E-state index in [-0.39, 0.29) is 0 Å². The van der Waals surface area contributed by atoms with E-state index in [1.807, 2.05) is 37.2 Å². The Kier molecular flexibility index (Phi) is 6.81. The van der Waals surface area contributed by atoms with Crippen LogP contribution in [0.1, 0.15) is 12.5 Å². The second-order valence-corrected chi connectivity index (χ2v) is 5.67. The van der Waals surface area contributed by atoms with Gasteiger partial charge in [0.05, 0.1) is 18.7 Å². The summed E-state index contributed by atoms with van der Waals surface area (Å²) in [5, 5.41) is 7.66. The molecule has 0 amide bonds. The maximum Gasteiger partial charge on any atom is 0.191 e. The average molecular weight is 329 g/mol. The molecule has 2 aromatic rings. The van der Waals surface area contributed by atoms with Gasteiger partial charge in [-0.3, -0.25) is 0 Å². The molecule has 24 heavy (non-hydrogen) atoms. The molecule has 0 fully saturated rings. The number of aromatic nitrogens is 1. The monoisotopic (exact) mass is 329 g/mol. The number of nitrogens with one attached hydrogen (secondary N) is 2. The van der Waals surface area contributed by atoms with Crippen molar-refractivity contribution in [2.45, 2.75) is 13.5 Å². The van der Waals surface area contributed by atoms with Gasteiger partial charge in [-0.15, -0.1) is 0 Å². The van der Waals surface area contributed by atoms with Crippen LogP contribution < -0.4 is 15.5 Å². The number of hydrogen-bond acceptors (Lipinski definition) is 4. The molecule has 1 aromatic heterocycles. The largest absolute Gasteiger partial charge is 0.383 e. The Bertz CT molecular complexity index is 684. The molecule has 0 aliphatic heterocycles. The summed E-state index contributed by atoms with van der Waals surface area (Å²) < 4.78 is 5.07. The van der Waals surface area contributed by atoms with Crippen molar-refractivity contribution in [3.8, 4) is 0 Å². The van der Waals surface area contributed by atoms with Gasteiger partial charge >= 0.3 is 0 Å². The van der Waals surface area contributed by atoms with Crippen LogP contribution in [0.5, 0.6) is 0 Å². The number of fused-ring (bicyclic) bond motifs is 1. The highest BCUT2D eigenvalue weighted by atomic mass is 16.5. The third kappa shape index (κ3) is 4.83. The Balaban J connectivity index is 2.27. The number of guanidine groups is 1. The van der Waals surface area contributed by atoms with Crippen LogP contribution in [0.4, 0.5) is 5.82 Å². The topological polar surface area (TPSA) is 61.8 Å². The van der Waals surface area contributed by atoms with E-state index in [0.717, 1.165) is 41.3 Å². The van der Waals surface area contributed by atoms with Crippen molar-refractivity contribution in [1.29, 1.82) is 0 Å². The van der Waals surface area contributed by atoms with Gasteiger partial charge in [0.1, 0.15) is 5.82 Å². The van der Waals surface area contributed by atoms with E-state index in [0.29, 0.717) is 13.2 Å². The molecule has 0 aliphatic carbocycles. The molecule has 0 spiro atoms. The molecule has 1 heterocycles. The van der Waals surface area contributed by atoms with E-state index in [4.69, 9.17) is 9.73 Å². The minimum atomic E-state index is 0.589. The smallest absolute Gasteiger partial charge is 0.191 e. The number of methoxy groups -OCH3 is 1. The molecule has 0 saturated heterocycles. The van der Waals surface area contributed by atoms with Crippen LogP contribution in [0, 0.1) is 0 Å². The molecular weight excluding hydrogens is 302 g/mol. The van der Waals surface area contributed by atoms with Crippen LogP contribution >= 0.6 is 0 Å². The average Bonchev–Trinajstić information content (AvgIpc) is 2.59. The van der Waals surface area contributed by atoms with Crippen molar-refractivity contribution >= 4 is 22.7 Å². The van der Waals surface area contributed by atoms with Crippen molar-refractivity contribution in [3.63, 3.8) is 0 Å². The fourth-order valence-corrected chi connectivity index (χ4v) is 2.37. The Morgan fingerprint density at radius 3 is 2.75 bits per heavy atom. The Hall–Kier alpha value is -2.34. The summed E-state index contributed by atoms with van der Waals surface area (Å²) in [6.45, 7) is 4.83. The standard InChI is InChI=1S/C18H27N5O/c1-5-19-18(20-10-11-24-4)21-13-14-12-17(23(2)3)22-16-9-7-6-8-15(14)16/h6-9,12H,5,10-11,13H2,1-4H3,(H2,19,20,21). The third-order valence-electron chi connectivity index (χ3n) is 3.60. The maximum atomic E-state index is 5.07. The first-order chi connectivity index (χ1) is 11.7. The van der Waals surface area contributed by atoms with E-state index in [1.165, 1.54) is 0 Å². The number of ether oxygens (including phenoxy) is 1. The lowest BCUT2D eigenvalue weighted by Crippen LogP contribution is -2.38. The normalized spacial score (nSPS) is 11.6. The fraction of sp³-hybridized carbons (Fsp3) is 0.444. The molecule has 6 nitrogen and oxygen atoms in total. The van der Waals surface area contributed by atoms with Crippen molar-refractivity contribution < 1.29 is 4.74 Å². The van der Waals surface area contributed by atoms with E-state index < -0.39 is 0 Å². The molecule has 1 aromatic carbocycles. The number of pyridine rings is 1. The van der Waals surface area contributed by atoms with Gasteiger partial charge < -0.3 is 20.3 Å². The number of rotatable bonds is 7. The minimum absolute atomic E-state index is 0.589. The van der Waals surface area contributed by atoms with Gasteiger partial charge in [-0.2, -0.15) is 0 Å². The first kappa shape index (κ1) is 18.0. The van der Waals surface area contributed by atoms with E-state index in [2.05, 4.69) is 34.7 Å². The zero-order chi connectivity index (χ0) is 17.4. The third-order valence-corrected chi connectivity index (χ3v) is 3.60. The molecule has 0 bridgehead atoms. The minimum Gasteiger partial charge on any atom is -0.383 e. The van der Waals surface area contributed by atoms with Gasteiger partial charge in [-0.1, -0.05) is 18.2 Å². The van der Waals surface area contributed by atoms with E-state index in [9.17, 15) is 0 Å². The van der Waals surface area contributed by atoms with Gasteiger partial charge in [0.25, 0.3) is 0 Å². The Morgan fingerprint density at radius 1 is 1.25 bits per heavy atom. The van der Waals surface area contributed by atoms with Crippen molar-refractivity contribution in [2.75, 3.05) is 45.8 Å². The number of benzene rings is 1. The first-order valence-electron chi connectivity index (χ1n) is 8.22. The maximum absolute atomic E-state index is 5.07. The molecule has 0 aliphatic rings. The predicted octanol–water partition coefficient (Wildman–Crippen LogP) is 2.00. The van der Waals surface area contributed by atoms with Crippen LogP contribution in [0.15, 0.2) is 35.3 Å². The Morgan fingerprint density at radius 2 is 2.04 bits per heavy atom. The summed E-state index contributed by atoms with van der Waals surface area (Å²) in [6.07, 6.45) is 0. The highest BCUT2D eigenvalue weighted by Gasteiger charge is 2.07. The van der Waals surface area contributed by atoms with Crippen molar-refractivity contribution in [3.05, 3.63) is 35.9 Å². The summed E-state index contributed by atoms with van der Waals surface area (Å²) in [5.41, 5.74) is 2.15. The molecule has 0 unspecified atom stereocenters. The van der Waals surface area contributed by atoms with Crippen LogP contribution in [0.25, 0.3) is 10.9 Å². The number of para-hydroxylation sites is 1. The van der Waals surface area contributed by atoms with Crippen LogP contribution in [0.2, 0.25) is 0 Å². The zero-order valence-electron chi connectivity index (χ0n) is 15.0. The van der Waals surface area contributed by atoms with E-state index >= 15 is 0 Å². The van der Waals surface area contributed by atoms with Crippen LogP contribution in [-0.4, -0.2) is 51.8 Å². The molecule has 6 heteroatoms. The molecular formula is C18H27N5O. The Labute approximate surface area is 143 Å². The number of nitrogens with zero attached hydrogens (tertiary/aromatic N) is 3. The molecule has 2 rings (SSSR count). The first-order valence-corrected chi connectivity index (χ1v) is 8.22. The van der Waals surface area contributed by atoms with Crippen molar-refractivity contribution in [1.82, 2.24) is 15.6 Å². The SMILES string of the molecule is CCNC(=NCc1cc(N(C)C)nc2ccccc12)NCCOC. The second kappa shape index (κ2) is 9.08. The lowest BCUT2D eigenvalue weighted by molar-refractivity contribution is 0.203. The predicted molar refractivity (Wildman–Crippen MR) is 101 cm³/mol. The quantitative estimate of drug-likeness (QED) is 0.462. The molecule has 2 N–H and O–H groups in total. The molecule has 130 valence electrons. The van der Waals surface area contributed by atoms with Crippen LogP contribution in [-0.2, 0) is 11.3 Å². The van der Waals surface area contributed by atoms with Gasteiger partial charge in [0.15, 0.2) is 5.96 Å². The highest BCUT2D eigenvalue weighted by Crippen LogP contribution is 2.22. The summed E-state index contributed by atoms with van der Waals surface area (Å²) >= 11 is 0. The number of anilines is 1. The van der Waals surface area contributed by atoms with Gasteiger partial charge in [-0.05, 0) is 24.6 Å². The highest BCUT2D eigenvalue weighted by molar-refractivity contribution is 5.85. The van der Waals surface area contributed by atoms with Gasteiger partial charge in [0, 0.05) is 39.7 Å². The van der Waals surface area contributed by atoms with Gasteiger partial charge in [-0.25, -0.2) is 9.98 Å². The van der Waals surface area contributed by atoms with Gasteiger partial charge in [0.2, 0.25) is 0 Å². The molecule has 0 radical (unpaired) electrons.